The Hall–Kier alpha value is -3.31. The van der Waals surface area contributed by atoms with Crippen molar-refractivity contribution in [3.05, 3.63) is 63.5 Å². The second kappa shape index (κ2) is 16.2. The Morgan fingerprint density at radius 3 is 2.53 bits per heavy atom. The Morgan fingerprint density at radius 2 is 1.81 bits per heavy atom. The fourth-order valence-electron chi connectivity index (χ4n) is 7.17. The van der Waals surface area contributed by atoms with Gasteiger partial charge in [-0.2, -0.15) is 0 Å². The minimum Gasteiger partial charge on any atom is -0.369 e. The number of unbranched alkanes of at least 4 members (excludes halogenated alkanes) is 4. The lowest BCUT2D eigenvalue weighted by molar-refractivity contribution is -0.107. The summed E-state index contributed by atoms with van der Waals surface area (Å²) in [6, 6.07) is 6.66. The molecule has 5 rings (SSSR count). The number of pyridine rings is 1. The maximum atomic E-state index is 15.5. The number of aryl methyl sites for hydroxylation is 1. The second-order valence-corrected chi connectivity index (χ2v) is 13.4. The number of carbonyl (C=O) groups is 1. The molecule has 2 fully saturated rings. The number of aldehydes is 1. The lowest BCUT2D eigenvalue weighted by Crippen LogP contribution is -2.39. The average Bonchev–Trinajstić information content (AvgIpc) is 3.08. The van der Waals surface area contributed by atoms with Crippen molar-refractivity contribution < 1.29 is 18.0 Å². The van der Waals surface area contributed by atoms with Crippen LogP contribution in [0.5, 0.6) is 0 Å². The number of nitrogens with zero attached hydrogens (tertiary/aromatic N) is 4. The van der Waals surface area contributed by atoms with E-state index >= 15 is 13.2 Å². The van der Waals surface area contributed by atoms with Crippen molar-refractivity contribution in [3.8, 4) is 0 Å². The Balaban J connectivity index is 1.37. The summed E-state index contributed by atoms with van der Waals surface area (Å²) in [5.41, 5.74) is 0.979. The number of alkyl halides is 2. The summed E-state index contributed by atoms with van der Waals surface area (Å²) in [4.78, 5) is 36.1. The predicted molar refractivity (Wildman–Crippen MR) is 180 cm³/mol. The Morgan fingerprint density at radius 1 is 1.06 bits per heavy atom. The number of aromatic nitrogens is 3. The number of rotatable bonds is 15. The van der Waals surface area contributed by atoms with E-state index in [0.717, 1.165) is 68.9 Å². The van der Waals surface area contributed by atoms with E-state index < -0.39 is 23.2 Å². The molecule has 8 nitrogen and oxygen atoms in total. The van der Waals surface area contributed by atoms with E-state index in [-0.39, 0.29) is 30.0 Å². The van der Waals surface area contributed by atoms with Crippen molar-refractivity contribution in [1.29, 1.82) is 0 Å². The van der Waals surface area contributed by atoms with Gasteiger partial charge in [-0.1, -0.05) is 31.0 Å². The number of halogens is 3. The summed E-state index contributed by atoms with van der Waals surface area (Å²) in [6.45, 7) is 8.02. The van der Waals surface area contributed by atoms with E-state index in [1.807, 2.05) is 6.07 Å². The van der Waals surface area contributed by atoms with Gasteiger partial charge in [-0.05, 0) is 103 Å². The largest absolute Gasteiger partial charge is 0.369 e. The molecule has 0 radical (unpaired) electrons. The van der Waals surface area contributed by atoms with Gasteiger partial charge in [0, 0.05) is 37.0 Å². The molecule has 0 bridgehead atoms. The molecule has 2 aliphatic rings. The predicted octanol–water partition coefficient (Wildman–Crippen LogP) is 6.41. The topological polar surface area (TPSA) is 92.2 Å². The van der Waals surface area contributed by atoms with Crippen molar-refractivity contribution in [2.45, 2.75) is 102 Å². The van der Waals surface area contributed by atoms with Crippen LogP contribution in [-0.4, -0.2) is 64.5 Å². The summed E-state index contributed by atoms with van der Waals surface area (Å²) < 4.78 is 48.1. The molecule has 11 heteroatoms. The molecule has 0 atom stereocenters. The fourth-order valence-corrected chi connectivity index (χ4v) is 7.17. The second-order valence-electron chi connectivity index (χ2n) is 13.4. The quantitative estimate of drug-likeness (QED) is 0.145. The normalized spacial score (nSPS) is 17.1. The van der Waals surface area contributed by atoms with Crippen molar-refractivity contribution in [3.63, 3.8) is 0 Å². The molecule has 2 aromatic heterocycles. The molecule has 2 aliphatic heterocycles. The van der Waals surface area contributed by atoms with Crippen LogP contribution >= 0.6 is 0 Å². The van der Waals surface area contributed by atoms with Crippen molar-refractivity contribution in [2.75, 3.05) is 38.0 Å². The number of hydrogen-bond acceptors (Lipinski definition) is 7. The van der Waals surface area contributed by atoms with Crippen LogP contribution in [0.15, 0.2) is 35.4 Å². The van der Waals surface area contributed by atoms with Crippen LogP contribution in [0.1, 0.15) is 94.2 Å². The highest BCUT2D eigenvalue weighted by Gasteiger charge is 2.43. The third kappa shape index (κ3) is 8.23. The molecular formula is C36H49F3N6O2. The van der Waals surface area contributed by atoms with Crippen molar-refractivity contribution in [2.24, 2.45) is 5.92 Å². The third-order valence-electron chi connectivity index (χ3n) is 10.0. The number of nitrogens with one attached hydrogen (secondary N) is 2. The molecule has 0 saturated carbocycles. The molecule has 4 heterocycles. The van der Waals surface area contributed by atoms with Gasteiger partial charge in [-0.25, -0.2) is 23.1 Å². The van der Waals surface area contributed by atoms with E-state index in [1.165, 1.54) is 18.5 Å². The van der Waals surface area contributed by atoms with Gasteiger partial charge in [-0.3, -0.25) is 9.36 Å². The molecule has 47 heavy (non-hydrogen) atoms. The van der Waals surface area contributed by atoms with Gasteiger partial charge >= 0.3 is 0 Å². The first-order valence-corrected chi connectivity index (χ1v) is 17.4. The zero-order chi connectivity index (χ0) is 33.4. The number of benzene rings is 1. The van der Waals surface area contributed by atoms with Crippen molar-refractivity contribution in [1.82, 2.24) is 24.8 Å². The first-order chi connectivity index (χ1) is 22.7. The van der Waals surface area contributed by atoms with Crippen LogP contribution in [0.2, 0.25) is 0 Å². The fraction of sp³-hybridized carbons (Fsp3) is 0.611. The first-order valence-electron chi connectivity index (χ1n) is 17.4. The average molecular weight is 655 g/mol. The summed E-state index contributed by atoms with van der Waals surface area (Å²) in [5, 5.41) is 7.12. The summed E-state index contributed by atoms with van der Waals surface area (Å²) in [7, 11) is 0. The van der Waals surface area contributed by atoms with Gasteiger partial charge in [0.1, 0.15) is 29.9 Å². The van der Waals surface area contributed by atoms with E-state index in [9.17, 15) is 9.59 Å². The van der Waals surface area contributed by atoms with Crippen LogP contribution in [0, 0.1) is 11.7 Å². The Bertz CT molecular complexity index is 1550. The third-order valence-corrected chi connectivity index (χ3v) is 10.0. The lowest BCUT2D eigenvalue weighted by Gasteiger charge is -2.34. The minimum absolute atomic E-state index is 0.0217. The standard InChI is InChI=1S/C36H49F3N6O2/c1-25(2)44-20-14-26(15-21-44)29-23-30-33(42-24-43-34(30)45(35(29)47)19-6-4-3-5-7-22-46)41-18-11-27-9-8-10-31(32(27)37)36(38,39)28-12-16-40-17-13-28/h8-10,22-26,28,40H,3-7,11-21H2,1-2H3,(H,41,42,43). The zero-order valence-corrected chi connectivity index (χ0v) is 27.7. The monoisotopic (exact) mass is 654 g/mol. The van der Waals surface area contributed by atoms with Crippen LogP contribution in [0.4, 0.5) is 19.0 Å². The van der Waals surface area contributed by atoms with Gasteiger partial charge in [0.15, 0.2) is 0 Å². The molecule has 256 valence electrons. The molecule has 3 aromatic rings. The van der Waals surface area contributed by atoms with Crippen molar-refractivity contribution >= 4 is 23.1 Å². The highest BCUT2D eigenvalue weighted by molar-refractivity contribution is 5.87. The molecule has 1 aromatic carbocycles. The maximum absolute atomic E-state index is 15.5. The molecule has 0 amide bonds. The molecule has 0 aliphatic carbocycles. The number of carbonyl (C=O) groups excluding carboxylic acids is 1. The van der Waals surface area contributed by atoms with Crippen LogP contribution in [0.25, 0.3) is 11.0 Å². The van der Waals surface area contributed by atoms with Gasteiger partial charge in [-0.15, -0.1) is 0 Å². The SMILES string of the molecule is CC(C)N1CCC(c2cc3c(NCCc4cccc(C(F)(F)C5CCNCC5)c4F)ncnc3n(CCCCCCC=O)c2=O)CC1. The number of likely N-dealkylation sites (tertiary alicyclic amines) is 1. The molecular weight excluding hydrogens is 605 g/mol. The minimum atomic E-state index is -3.24. The highest BCUT2D eigenvalue weighted by atomic mass is 19.3. The Labute approximate surface area is 275 Å². The Kier molecular flexibility index (Phi) is 12.1. The van der Waals surface area contributed by atoms with E-state index in [4.69, 9.17) is 0 Å². The van der Waals surface area contributed by atoms with E-state index in [2.05, 4.69) is 39.3 Å². The summed E-state index contributed by atoms with van der Waals surface area (Å²) in [5.74, 6) is -4.32. The number of anilines is 1. The molecule has 2 saturated heterocycles. The van der Waals surface area contributed by atoms with Crippen LogP contribution in [0.3, 0.4) is 0 Å². The van der Waals surface area contributed by atoms with Crippen LogP contribution < -0.4 is 16.2 Å². The lowest BCUT2D eigenvalue weighted by atomic mass is 9.86. The molecule has 2 N–H and O–H groups in total. The number of hydrogen-bond donors (Lipinski definition) is 2. The summed E-state index contributed by atoms with van der Waals surface area (Å²) >= 11 is 0. The highest BCUT2D eigenvalue weighted by Crippen LogP contribution is 2.42. The van der Waals surface area contributed by atoms with Gasteiger partial charge < -0.3 is 20.3 Å². The van der Waals surface area contributed by atoms with Gasteiger partial charge in [0.25, 0.3) is 11.5 Å². The van der Waals surface area contributed by atoms with Gasteiger partial charge in [0.05, 0.1) is 10.9 Å². The summed E-state index contributed by atoms with van der Waals surface area (Å²) in [6.07, 6.45) is 8.93. The van der Waals surface area contributed by atoms with E-state index in [0.29, 0.717) is 56.4 Å². The number of fused-ring (bicyclic) bond motifs is 1. The zero-order valence-electron chi connectivity index (χ0n) is 27.7. The number of piperidine rings is 2. The smallest absolute Gasteiger partial charge is 0.278 e. The van der Waals surface area contributed by atoms with Gasteiger partial charge in [0.2, 0.25) is 0 Å². The van der Waals surface area contributed by atoms with Crippen LogP contribution in [-0.2, 0) is 23.7 Å². The maximum Gasteiger partial charge on any atom is 0.278 e. The van der Waals surface area contributed by atoms with E-state index in [1.54, 1.807) is 10.6 Å². The first kappa shape index (κ1) is 35.0. The molecule has 0 unspecified atom stereocenters. The molecule has 0 spiro atoms.